The molecule has 0 heterocycles. The number of hydrogen-bond donors (Lipinski definition) is 2. The minimum atomic E-state index is -0.762. The van der Waals surface area contributed by atoms with Crippen molar-refractivity contribution in [1.29, 1.82) is 0 Å². The topological polar surface area (TPSA) is 84.3 Å². The average molecular weight is 321 g/mol. The van der Waals surface area contributed by atoms with E-state index in [0.29, 0.717) is 11.3 Å². The molecule has 0 fully saturated rings. The van der Waals surface area contributed by atoms with Crippen LogP contribution in [0.5, 0.6) is 0 Å². The summed E-state index contributed by atoms with van der Waals surface area (Å²) in [5.41, 5.74) is 0.927. The van der Waals surface area contributed by atoms with Gasteiger partial charge in [-0.05, 0) is 24.6 Å². The number of anilines is 2. The van der Waals surface area contributed by atoms with Gasteiger partial charge in [0.2, 0.25) is 5.91 Å². The summed E-state index contributed by atoms with van der Waals surface area (Å²) in [7, 11) is 0. The van der Waals surface area contributed by atoms with E-state index in [4.69, 9.17) is 0 Å². The van der Waals surface area contributed by atoms with E-state index in [1.807, 2.05) is 0 Å². The molecule has 6 nitrogen and oxygen atoms in total. The Morgan fingerprint density at radius 1 is 1.17 bits per heavy atom. The Morgan fingerprint density at radius 2 is 1.83 bits per heavy atom. The minimum Gasteiger partial charge on any atom is -0.376 e. The van der Waals surface area contributed by atoms with Gasteiger partial charge in [-0.15, -0.1) is 0 Å². The molecule has 0 bridgehead atoms. The maximum absolute atomic E-state index is 13.0. The van der Waals surface area contributed by atoms with Crippen LogP contribution in [0.25, 0.3) is 0 Å². The van der Waals surface area contributed by atoms with E-state index in [9.17, 15) is 23.7 Å². The van der Waals surface area contributed by atoms with Crippen LogP contribution in [0, 0.1) is 28.7 Å². The molecule has 0 aromatic heterocycles. The van der Waals surface area contributed by atoms with E-state index in [1.165, 1.54) is 18.2 Å². The second-order valence-electron chi connectivity index (χ2n) is 4.82. The van der Waals surface area contributed by atoms with E-state index in [1.54, 1.807) is 6.92 Å². The summed E-state index contributed by atoms with van der Waals surface area (Å²) in [4.78, 5) is 22.0. The van der Waals surface area contributed by atoms with Crippen molar-refractivity contribution >= 4 is 23.0 Å². The molecule has 2 aromatic rings. The number of nitrogens with one attached hydrogen (secondary N) is 2. The Kier molecular flexibility index (Phi) is 4.85. The molecule has 0 spiro atoms. The second-order valence-corrected chi connectivity index (χ2v) is 4.82. The number of rotatable bonds is 5. The van der Waals surface area contributed by atoms with Crippen LogP contribution in [-0.4, -0.2) is 17.4 Å². The lowest BCUT2D eigenvalue weighted by Gasteiger charge is -2.10. The maximum atomic E-state index is 13.0. The molecule has 23 heavy (non-hydrogen) atoms. The highest BCUT2D eigenvalue weighted by Gasteiger charge is 2.11. The van der Waals surface area contributed by atoms with Gasteiger partial charge in [0.15, 0.2) is 0 Å². The summed E-state index contributed by atoms with van der Waals surface area (Å²) in [6.07, 6.45) is 0. The van der Waals surface area contributed by atoms with Crippen LogP contribution in [-0.2, 0) is 4.79 Å². The van der Waals surface area contributed by atoms with Crippen molar-refractivity contribution in [2.75, 3.05) is 17.2 Å². The van der Waals surface area contributed by atoms with Crippen LogP contribution < -0.4 is 10.6 Å². The lowest BCUT2D eigenvalue weighted by atomic mass is 10.2. The molecule has 2 aromatic carbocycles. The summed E-state index contributed by atoms with van der Waals surface area (Å²) < 4.78 is 26.1. The highest BCUT2D eigenvalue weighted by molar-refractivity contribution is 5.94. The molecule has 0 radical (unpaired) electrons. The van der Waals surface area contributed by atoms with Crippen molar-refractivity contribution in [3.8, 4) is 0 Å². The Hall–Kier alpha value is -3.03. The van der Waals surface area contributed by atoms with E-state index in [2.05, 4.69) is 10.6 Å². The maximum Gasteiger partial charge on any atom is 0.271 e. The number of non-ortho nitro benzene ring substituents is 1. The van der Waals surface area contributed by atoms with Crippen molar-refractivity contribution in [2.24, 2.45) is 0 Å². The Labute approximate surface area is 130 Å². The second kappa shape index (κ2) is 6.82. The Bertz CT molecular complexity index is 745. The summed E-state index contributed by atoms with van der Waals surface area (Å²) in [5.74, 6) is -2.02. The lowest BCUT2D eigenvalue weighted by Crippen LogP contribution is -2.22. The summed E-state index contributed by atoms with van der Waals surface area (Å²) in [5, 5.41) is 15.8. The van der Waals surface area contributed by atoms with Crippen molar-refractivity contribution in [3.63, 3.8) is 0 Å². The number of nitrogens with zero attached hydrogens (tertiary/aromatic N) is 1. The van der Waals surface area contributed by atoms with E-state index in [-0.39, 0.29) is 17.9 Å². The molecule has 0 saturated heterocycles. The van der Waals surface area contributed by atoms with Crippen LogP contribution in [0.4, 0.5) is 25.8 Å². The van der Waals surface area contributed by atoms with Gasteiger partial charge in [-0.1, -0.05) is 6.07 Å². The minimum absolute atomic E-state index is 0.119. The van der Waals surface area contributed by atoms with Gasteiger partial charge in [0, 0.05) is 23.9 Å². The van der Waals surface area contributed by atoms with Crippen molar-refractivity contribution in [2.45, 2.75) is 6.92 Å². The third-order valence-electron chi connectivity index (χ3n) is 3.02. The van der Waals surface area contributed by atoms with Crippen molar-refractivity contribution < 1.29 is 18.5 Å². The number of nitro benzene ring substituents is 1. The number of amides is 1. The smallest absolute Gasteiger partial charge is 0.271 e. The molecule has 2 N–H and O–H groups in total. The number of carbonyl (C=O) groups is 1. The van der Waals surface area contributed by atoms with Gasteiger partial charge in [-0.25, -0.2) is 8.78 Å². The van der Waals surface area contributed by atoms with E-state index < -0.39 is 22.5 Å². The molecular weight excluding hydrogens is 308 g/mol. The summed E-state index contributed by atoms with van der Waals surface area (Å²) >= 11 is 0. The van der Waals surface area contributed by atoms with Gasteiger partial charge in [-0.2, -0.15) is 0 Å². The van der Waals surface area contributed by atoms with Crippen LogP contribution in [0.3, 0.4) is 0 Å². The van der Waals surface area contributed by atoms with E-state index >= 15 is 0 Å². The van der Waals surface area contributed by atoms with Crippen LogP contribution in [0.1, 0.15) is 5.56 Å². The fourth-order valence-electron chi connectivity index (χ4n) is 1.89. The molecule has 2 rings (SSSR count). The summed E-state index contributed by atoms with van der Waals surface area (Å²) in [6.45, 7) is 1.44. The zero-order chi connectivity index (χ0) is 17.0. The number of carbonyl (C=O) groups excluding carboxylic acids is 1. The van der Waals surface area contributed by atoms with E-state index in [0.717, 1.165) is 18.2 Å². The fraction of sp³-hybridized carbons (Fsp3) is 0.133. The van der Waals surface area contributed by atoms with Crippen LogP contribution >= 0.6 is 0 Å². The zero-order valence-corrected chi connectivity index (χ0v) is 12.1. The van der Waals surface area contributed by atoms with Crippen LogP contribution in [0.2, 0.25) is 0 Å². The molecule has 1 amide bonds. The van der Waals surface area contributed by atoms with Gasteiger partial charge in [0.25, 0.3) is 5.69 Å². The number of hydrogen-bond acceptors (Lipinski definition) is 4. The third-order valence-corrected chi connectivity index (χ3v) is 3.02. The Morgan fingerprint density at radius 3 is 2.43 bits per heavy atom. The Balaban J connectivity index is 2.02. The number of halogens is 2. The fourth-order valence-corrected chi connectivity index (χ4v) is 1.89. The predicted octanol–water partition coefficient (Wildman–Crippen LogP) is 3.23. The number of nitro groups is 1. The first-order chi connectivity index (χ1) is 10.8. The molecule has 0 aliphatic carbocycles. The third kappa shape index (κ3) is 4.47. The first kappa shape index (κ1) is 16.3. The van der Waals surface area contributed by atoms with Crippen molar-refractivity contribution in [3.05, 3.63) is 63.7 Å². The zero-order valence-electron chi connectivity index (χ0n) is 12.1. The first-order valence-electron chi connectivity index (χ1n) is 6.60. The van der Waals surface area contributed by atoms with Crippen LogP contribution in [0.15, 0.2) is 36.4 Å². The lowest BCUT2D eigenvalue weighted by molar-refractivity contribution is -0.384. The molecule has 120 valence electrons. The SMILES string of the molecule is Cc1ccc([N+](=O)[O-])cc1NC(=O)CNc1cc(F)cc(F)c1. The molecule has 0 saturated carbocycles. The average Bonchev–Trinajstić information content (AvgIpc) is 2.46. The molecule has 0 aliphatic rings. The van der Waals surface area contributed by atoms with Gasteiger partial charge in [0.1, 0.15) is 11.6 Å². The molecular formula is C15H13F2N3O3. The first-order valence-corrected chi connectivity index (χ1v) is 6.60. The number of benzene rings is 2. The monoisotopic (exact) mass is 321 g/mol. The molecule has 0 atom stereocenters. The van der Waals surface area contributed by atoms with Crippen molar-refractivity contribution in [1.82, 2.24) is 0 Å². The quantitative estimate of drug-likeness (QED) is 0.654. The standard InChI is InChI=1S/C15H13F2N3O3/c1-9-2-3-13(20(22)23)7-14(9)19-15(21)8-18-12-5-10(16)4-11(17)6-12/h2-7,18H,8H2,1H3,(H,19,21). The molecule has 8 heteroatoms. The number of aryl methyl sites for hydroxylation is 1. The van der Waals surface area contributed by atoms with Gasteiger partial charge < -0.3 is 10.6 Å². The highest BCUT2D eigenvalue weighted by Crippen LogP contribution is 2.21. The summed E-state index contributed by atoms with van der Waals surface area (Å²) in [6, 6.07) is 6.92. The molecule has 0 aliphatic heterocycles. The highest BCUT2D eigenvalue weighted by atomic mass is 19.1. The van der Waals surface area contributed by atoms with Gasteiger partial charge in [0.05, 0.1) is 17.2 Å². The normalized spacial score (nSPS) is 10.2. The predicted molar refractivity (Wildman–Crippen MR) is 81.3 cm³/mol. The van der Waals surface area contributed by atoms with Gasteiger partial charge >= 0.3 is 0 Å². The molecule has 0 unspecified atom stereocenters. The largest absolute Gasteiger partial charge is 0.376 e. The van der Waals surface area contributed by atoms with Gasteiger partial charge in [-0.3, -0.25) is 14.9 Å².